The van der Waals surface area contributed by atoms with Crippen molar-refractivity contribution in [1.29, 1.82) is 0 Å². The number of hydrogen-bond acceptors (Lipinski definition) is 3. The maximum Gasteiger partial charge on any atom is 0.321 e. The molecule has 0 spiro atoms. The van der Waals surface area contributed by atoms with Gasteiger partial charge in [-0.15, -0.1) is 0 Å². The zero-order valence-electron chi connectivity index (χ0n) is 12.9. The van der Waals surface area contributed by atoms with Crippen LogP contribution in [0.5, 0.6) is 5.75 Å². The molecule has 1 aromatic carbocycles. The van der Waals surface area contributed by atoms with E-state index in [0.717, 1.165) is 24.9 Å². The molecule has 21 heavy (non-hydrogen) atoms. The predicted molar refractivity (Wildman–Crippen MR) is 82.7 cm³/mol. The number of ether oxygens (including phenoxy) is 1. The van der Waals surface area contributed by atoms with Crippen molar-refractivity contribution in [3.8, 4) is 5.75 Å². The minimum atomic E-state index is -0.380. The Morgan fingerprint density at radius 3 is 2.95 bits per heavy atom. The third-order valence-corrected chi connectivity index (χ3v) is 4.03. The molecule has 2 atom stereocenters. The van der Waals surface area contributed by atoms with Gasteiger partial charge in [-0.05, 0) is 44.4 Å². The van der Waals surface area contributed by atoms with Crippen molar-refractivity contribution in [2.24, 2.45) is 5.92 Å². The van der Waals surface area contributed by atoms with Crippen LogP contribution in [0.4, 0.5) is 10.5 Å². The molecule has 2 N–H and O–H groups in total. The normalized spacial score (nSPS) is 20.0. The number of carbonyl (C=O) groups is 1. The molecule has 2 rings (SSSR count). The summed E-state index contributed by atoms with van der Waals surface area (Å²) in [5.74, 6) is 0.817. The van der Waals surface area contributed by atoms with Crippen molar-refractivity contribution in [1.82, 2.24) is 4.90 Å². The van der Waals surface area contributed by atoms with Gasteiger partial charge in [-0.3, -0.25) is 0 Å². The molecule has 1 aliphatic rings. The summed E-state index contributed by atoms with van der Waals surface area (Å²) < 4.78 is 5.30. The summed E-state index contributed by atoms with van der Waals surface area (Å²) in [7, 11) is 1.59. The standard InChI is InChI=1S/C16H24N2O3/c1-11-6-7-14(15(9-11)21-3)17-16(20)18-8-4-5-13(10-18)12(2)19/h6-7,9,12-13,19H,4-5,8,10H2,1-3H3,(H,17,20). The Bertz CT molecular complexity index is 502. The van der Waals surface area contributed by atoms with Gasteiger partial charge in [-0.25, -0.2) is 4.79 Å². The van der Waals surface area contributed by atoms with Gasteiger partial charge in [0.15, 0.2) is 0 Å². The van der Waals surface area contributed by atoms with Gasteiger partial charge >= 0.3 is 6.03 Å². The minimum Gasteiger partial charge on any atom is -0.495 e. The third kappa shape index (κ3) is 3.88. The van der Waals surface area contributed by atoms with Crippen LogP contribution in [0.25, 0.3) is 0 Å². The van der Waals surface area contributed by atoms with E-state index in [1.165, 1.54) is 0 Å². The van der Waals surface area contributed by atoms with Crippen molar-refractivity contribution >= 4 is 11.7 Å². The summed E-state index contributed by atoms with van der Waals surface area (Å²) in [4.78, 5) is 14.1. The highest BCUT2D eigenvalue weighted by atomic mass is 16.5. The van der Waals surface area contributed by atoms with Crippen LogP contribution in [-0.2, 0) is 0 Å². The van der Waals surface area contributed by atoms with Gasteiger partial charge in [0.05, 0.1) is 18.9 Å². The van der Waals surface area contributed by atoms with Gasteiger partial charge in [-0.2, -0.15) is 0 Å². The molecule has 1 aliphatic heterocycles. The number of piperidine rings is 1. The van der Waals surface area contributed by atoms with Crippen molar-refractivity contribution in [3.05, 3.63) is 23.8 Å². The number of aliphatic hydroxyl groups excluding tert-OH is 1. The van der Waals surface area contributed by atoms with Crippen LogP contribution in [0.15, 0.2) is 18.2 Å². The monoisotopic (exact) mass is 292 g/mol. The summed E-state index contributed by atoms with van der Waals surface area (Å²) in [5, 5.41) is 12.6. The lowest BCUT2D eigenvalue weighted by molar-refractivity contribution is 0.0766. The lowest BCUT2D eigenvalue weighted by Crippen LogP contribution is -2.44. The number of rotatable bonds is 3. The molecule has 0 bridgehead atoms. The molecule has 0 saturated carbocycles. The summed E-state index contributed by atoms with van der Waals surface area (Å²) in [6, 6.07) is 5.54. The molecule has 5 nitrogen and oxygen atoms in total. The Hall–Kier alpha value is -1.75. The van der Waals surface area contributed by atoms with E-state index in [2.05, 4.69) is 5.32 Å². The first-order chi connectivity index (χ1) is 10.0. The van der Waals surface area contributed by atoms with Crippen LogP contribution in [0, 0.1) is 12.8 Å². The summed E-state index contributed by atoms with van der Waals surface area (Å²) >= 11 is 0. The number of benzene rings is 1. The fourth-order valence-electron chi connectivity index (χ4n) is 2.68. The SMILES string of the molecule is COc1cc(C)ccc1NC(=O)N1CCCC(C(C)O)C1. The Labute approximate surface area is 125 Å². The fourth-order valence-corrected chi connectivity index (χ4v) is 2.68. The van der Waals surface area contributed by atoms with Crippen LogP contribution in [0.3, 0.4) is 0 Å². The van der Waals surface area contributed by atoms with Crippen LogP contribution in [0.1, 0.15) is 25.3 Å². The van der Waals surface area contributed by atoms with Crippen LogP contribution in [-0.4, -0.2) is 42.3 Å². The van der Waals surface area contributed by atoms with E-state index in [4.69, 9.17) is 4.74 Å². The second kappa shape index (κ2) is 6.80. The smallest absolute Gasteiger partial charge is 0.321 e. The maximum atomic E-state index is 12.4. The third-order valence-electron chi connectivity index (χ3n) is 4.03. The van der Waals surface area contributed by atoms with Gasteiger partial charge < -0.3 is 20.1 Å². The second-order valence-electron chi connectivity index (χ2n) is 5.72. The largest absolute Gasteiger partial charge is 0.495 e. The summed E-state index contributed by atoms with van der Waals surface area (Å²) in [5.41, 5.74) is 1.75. The molecule has 1 aromatic rings. The number of methoxy groups -OCH3 is 1. The molecule has 1 saturated heterocycles. The number of urea groups is 1. The first-order valence-corrected chi connectivity index (χ1v) is 7.40. The van der Waals surface area contributed by atoms with E-state index in [-0.39, 0.29) is 18.1 Å². The first kappa shape index (κ1) is 15.6. The van der Waals surface area contributed by atoms with Crippen molar-refractivity contribution in [3.63, 3.8) is 0 Å². The maximum absolute atomic E-state index is 12.4. The van der Waals surface area contributed by atoms with Crippen LogP contribution < -0.4 is 10.1 Å². The average molecular weight is 292 g/mol. The number of nitrogens with one attached hydrogen (secondary N) is 1. The molecule has 2 amide bonds. The zero-order valence-corrected chi connectivity index (χ0v) is 12.9. The molecule has 0 aromatic heterocycles. The van der Waals surface area contributed by atoms with Gasteiger partial charge in [0.1, 0.15) is 5.75 Å². The van der Waals surface area contributed by atoms with E-state index in [0.29, 0.717) is 18.0 Å². The average Bonchev–Trinajstić information content (AvgIpc) is 2.49. The number of hydrogen-bond donors (Lipinski definition) is 2. The van der Waals surface area contributed by atoms with Gasteiger partial charge in [0.2, 0.25) is 0 Å². The number of carbonyl (C=O) groups excluding carboxylic acids is 1. The van der Waals surface area contributed by atoms with E-state index in [1.807, 2.05) is 25.1 Å². The molecule has 1 fully saturated rings. The molecular formula is C16H24N2O3. The van der Waals surface area contributed by atoms with Gasteiger partial charge in [0.25, 0.3) is 0 Å². The lowest BCUT2D eigenvalue weighted by Gasteiger charge is -2.34. The highest BCUT2D eigenvalue weighted by Crippen LogP contribution is 2.26. The van der Waals surface area contributed by atoms with E-state index < -0.39 is 0 Å². The number of aliphatic hydroxyl groups is 1. The van der Waals surface area contributed by atoms with Crippen molar-refractivity contribution < 1.29 is 14.6 Å². The van der Waals surface area contributed by atoms with Crippen molar-refractivity contribution in [2.75, 3.05) is 25.5 Å². The molecule has 1 heterocycles. The number of aryl methyl sites for hydroxylation is 1. The molecule has 116 valence electrons. The van der Waals surface area contributed by atoms with E-state index in [1.54, 1.807) is 18.9 Å². The topological polar surface area (TPSA) is 61.8 Å². The Morgan fingerprint density at radius 1 is 1.52 bits per heavy atom. The zero-order chi connectivity index (χ0) is 15.4. The quantitative estimate of drug-likeness (QED) is 0.900. The highest BCUT2D eigenvalue weighted by Gasteiger charge is 2.26. The molecular weight excluding hydrogens is 268 g/mol. The number of anilines is 1. The highest BCUT2D eigenvalue weighted by molar-refractivity contribution is 5.91. The van der Waals surface area contributed by atoms with E-state index >= 15 is 0 Å². The second-order valence-corrected chi connectivity index (χ2v) is 5.72. The van der Waals surface area contributed by atoms with Gasteiger partial charge in [0, 0.05) is 19.0 Å². The number of likely N-dealkylation sites (tertiary alicyclic amines) is 1. The van der Waals surface area contributed by atoms with E-state index in [9.17, 15) is 9.90 Å². The lowest BCUT2D eigenvalue weighted by atomic mass is 9.94. The summed E-state index contributed by atoms with van der Waals surface area (Å²) in [6.07, 6.45) is 1.51. The Morgan fingerprint density at radius 2 is 2.29 bits per heavy atom. The van der Waals surface area contributed by atoms with Crippen molar-refractivity contribution in [2.45, 2.75) is 32.8 Å². The fraction of sp³-hybridized carbons (Fsp3) is 0.562. The molecule has 2 unspecified atom stereocenters. The number of nitrogens with zero attached hydrogens (tertiary/aromatic N) is 1. The predicted octanol–water partition coefficient (Wildman–Crippen LogP) is 2.63. The van der Waals surface area contributed by atoms with Crippen LogP contribution in [0.2, 0.25) is 0 Å². The minimum absolute atomic E-state index is 0.137. The van der Waals surface area contributed by atoms with Crippen LogP contribution >= 0.6 is 0 Å². The first-order valence-electron chi connectivity index (χ1n) is 7.40. The Kier molecular flexibility index (Phi) is 5.07. The Balaban J connectivity index is 2.04. The number of amides is 2. The molecule has 5 heteroatoms. The summed E-state index contributed by atoms with van der Waals surface area (Å²) in [6.45, 7) is 5.09. The van der Waals surface area contributed by atoms with Gasteiger partial charge in [-0.1, -0.05) is 6.07 Å². The molecule has 0 radical (unpaired) electrons. The molecule has 0 aliphatic carbocycles.